The Kier molecular flexibility index (Phi) is 7.76. The van der Waals surface area contributed by atoms with Crippen LogP contribution in [0.15, 0.2) is 110 Å². The zero-order chi connectivity index (χ0) is 29.9. The molecular formula is C33H24BrN3O6. The van der Waals surface area contributed by atoms with Gasteiger partial charge in [0, 0.05) is 15.4 Å². The van der Waals surface area contributed by atoms with Crippen molar-refractivity contribution < 1.29 is 23.8 Å². The highest BCUT2D eigenvalue weighted by Crippen LogP contribution is 2.34. The van der Waals surface area contributed by atoms with Crippen LogP contribution in [-0.2, 0) is 6.61 Å². The molecule has 0 aliphatic carbocycles. The average Bonchev–Trinajstić information content (AvgIpc) is 3.45. The molecule has 0 atom stereocenters. The number of aromatic nitrogens is 2. The van der Waals surface area contributed by atoms with Crippen LogP contribution in [0.2, 0.25) is 0 Å². The lowest BCUT2D eigenvalue weighted by atomic mass is 10.1. The van der Waals surface area contributed by atoms with E-state index in [1.54, 1.807) is 48.7 Å². The van der Waals surface area contributed by atoms with E-state index in [1.165, 1.54) is 16.8 Å². The summed E-state index contributed by atoms with van der Waals surface area (Å²) in [6.07, 6.45) is 1.55. The molecule has 6 aromatic rings. The minimum atomic E-state index is -0.987. The van der Waals surface area contributed by atoms with Crippen LogP contribution in [0.3, 0.4) is 0 Å². The van der Waals surface area contributed by atoms with Crippen molar-refractivity contribution in [1.29, 1.82) is 0 Å². The van der Waals surface area contributed by atoms with Gasteiger partial charge in [0.15, 0.2) is 17.3 Å². The van der Waals surface area contributed by atoms with Crippen molar-refractivity contribution in [3.63, 3.8) is 0 Å². The Morgan fingerprint density at radius 3 is 2.51 bits per heavy atom. The molecule has 4 aromatic carbocycles. The lowest BCUT2D eigenvalue weighted by Gasteiger charge is -2.14. The lowest BCUT2D eigenvalue weighted by Crippen LogP contribution is -2.20. The van der Waals surface area contributed by atoms with Crippen molar-refractivity contribution in [3.05, 3.63) is 123 Å². The van der Waals surface area contributed by atoms with E-state index in [0.29, 0.717) is 50.4 Å². The number of nitrogens with zero attached hydrogens (tertiary/aromatic N) is 3. The van der Waals surface area contributed by atoms with Gasteiger partial charge < -0.3 is 19.0 Å². The predicted molar refractivity (Wildman–Crippen MR) is 167 cm³/mol. The van der Waals surface area contributed by atoms with Crippen LogP contribution < -0.4 is 15.0 Å². The molecule has 2 aromatic heterocycles. The fourth-order valence-corrected chi connectivity index (χ4v) is 4.96. The van der Waals surface area contributed by atoms with Gasteiger partial charge in [-0.3, -0.25) is 4.79 Å². The Morgan fingerprint density at radius 1 is 1.00 bits per heavy atom. The average molecular weight is 638 g/mol. The SMILES string of the molecule is CCOc1cc(C=Nn2c(-c3cc4ccccc4o3)nc3ccccc3c2=O)c(Br)cc1OCc1ccc(C(=O)O)cc1. The van der Waals surface area contributed by atoms with E-state index in [0.717, 1.165) is 10.9 Å². The number of furan rings is 1. The second-order valence-corrected chi connectivity index (χ2v) is 10.4. The summed E-state index contributed by atoms with van der Waals surface area (Å²) in [7, 11) is 0. The number of hydrogen-bond acceptors (Lipinski definition) is 7. The van der Waals surface area contributed by atoms with E-state index in [-0.39, 0.29) is 23.6 Å². The van der Waals surface area contributed by atoms with Crippen LogP contribution in [0.5, 0.6) is 11.5 Å². The van der Waals surface area contributed by atoms with Gasteiger partial charge in [-0.1, -0.05) is 42.5 Å². The van der Waals surface area contributed by atoms with E-state index >= 15 is 0 Å². The quantitative estimate of drug-likeness (QED) is 0.168. The molecule has 214 valence electrons. The number of para-hydroxylation sites is 2. The lowest BCUT2D eigenvalue weighted by molar-refractivity contribution is 0.0697. The van der Waals surface area contributed by atoms with Crippen molar-refractivity contribution in [1.82, 2.24) is 9.66 Å². The summed E-state index contributed by atoms with van der Waals surface area (Å²) in [5, 5.41) is 15.0. The van der Waals surface area contributed by atoms with Crippen LogP contribution in [0, 0.1) is 0 Å². The summed E-state index contributed by atoms with van der Waals surface area (Å²) < 4.78 is 19.8. The summed E-state index contributed by atoms with van der Waals surface area (Å²) in [4.78, 5) is 29.5. The molecule has 43 heavy (non-hydrogen) atoms. The van der Waals surface area contributed by atoms with Gasteiger partial charge in [0.05, 0.1) is 29.3 Å². The zero-order valence-electron chi connectivity index (χ0n) is 22.9. The molecule has 6 rings (SSSR count). The number of halogens is 1. The highest BCUT2D eigenvalue weighted by atomic mass is 79.9. The third kappa shape index (κ3) is 5.77. The van der Waals surface area contributed by atoms with Gasteiger partial charge in [0.25, 0.3) is 5.56 Å². The molecular weight excluding hydrogens is 614 g/mol. The molecule has 0 aliphatic rings. The molecule has 0 spiro atoms. The minimum Gasteiger partial charge on any atom is -0.490 e. The minimum absolute atomic E-state index is 0.203. The van der Waals surface area contributed by atoms with Crippen molar-refractivity contribution in [3.8, 4) is 23.1 Å². The summed E-state index contributed by atoms with van der Waals surface area (Å²) in [6.45, 7) is 2.47. The Hall–Kier alpha value is -5.22. The fraction of sp³-hybridized carbons (Fsp3) is 0.0909. The fourth-order valence-electron chi connectivity index (χ4n) is 4.54. The Balaban J connectivity index is 1.36. The van der Waals surface area contributed by atoms with E-state index in [2.05, 4.69) is 21.0 Å². The molecule has 2 heterocycles. The van der Waals surface area contributed by atoms with E-state index in [9.17, 15) is 9.59 Å². The molecule has 0 saturated heterocycles. The monoisotopic (exact) mass is 637 g/mol. The van der Waals surface area contributed by atoms with Crippen LogP contribution in [0.4, 0.5) is 0 Å². The number of fused-ring (bicyclic) bond motifs is 2. The number of benzene rings is 4. The van der Waals surface area contributed by atoms with Crippen molar-refractivity contribution in [2.24, 2.45) is 5.10 Å². The molecule has 0 unspecified atom stereocenters. The first-order valence-electron chi connectivity index (χ1n) is 13.4. The molecule has 0 bridgehead atoms. The van der Waals surface area contributed by atoms with Gasteiger partial charge in [-0.25, -0.2) is 9.78 Å². The number of ether oxygens (including phenoxy) is 2. The number of carboxylic acids is 1. The van der Waals surface area contributed by atoms with Gasteiger partial charge in [-0.15, -0.1) is 0 Å². The molecule has 10 heteroatoms. The molecule has 9 nitrogen and oxygen atoms in total. The summed E-state index contributed by atoms with van der Waals surface area (Å²) in [5.74, 6) is 0.664. The highest BCUT2D eigenvalue weighted by molar-refractivity contribution is 9.10. The second-order valence-electron chi connectivity index (χ2n) is 9.51. The standard InChI is InChI=1S/C33H24BrN3O6/c1-2-41-28-16-23(25(34)17-29(28)42-19-20-11-13-21(14-12-20)33(39)40)18-35-37-31(30-15-22-7-3-6-10-27(22)43-30)36-26-9-5-4-8-24(26)32(37)38/h3-18H,2,19H2,1H3,(H,39,40). The van der Waals surface area contributed by atoms with Gasteiger partial charge in [0.2, 0.25) is 5.82 Å². The first kappa shape index (κ1) is 27.9. The van der Waals surface area contributed by atoms with E-state index in [1.807, 2.05) is 43.3 Å². The van der Waals surface area contributed by atoms with Crippen LogP contribution >= 0.6 is 15.9 Å². The number of rotatable bonds is 9. The van der Waals surface area contributed by atoms with Gasteiger partial charge in [-0.05, 0) is 76.9 Å². The Bertz CT molecular complexity index is 2030. The molecule has 0 fully saturated rings. The molecule has 0 radical (unpaired) electrons. The molecule has 0 amide bonds. The van der Waals surface area contributed by atoms with E-state index in [4.69, 9.17) is 24.0 Å². The van der Waals surface area contributed by atoms with Crippen molar-refractivity contribution in [2.75, 3.05) is 6.61 Å². The van der Waals surface area contributed by atoms with Crippen molar-refractivity contribution >= 4 is 50.0 Å². The topological polar surface area (TPSA) is 116 Å². The maximum atomic E-state index is 13.6. The number of aromatic carboxylic acids is 1. The largest absolute Gasteiger partial charge is 0.490 e. The molecule has 0 aliphatic heterocycles. The van der Waals surface area contributed by atoms with Gasteiger partial charge in [-0.2, -0.15) is 9.78 Å². The smallest absolute Gasteiger partial charge is 0.335 e. The number of hydrogen-bond donors (Lipinski definition) is 1. The van der Waals surface area contributed by atoms with Gasteiger partial charge in [0.1, 0.15) is 12.2 Å². The number of carbonyl (C=O) groups is 1. The third-order valence-electron chi connectivity index (χ3n) is 6.67. The normalized spacial score (nSPS) is 11.4. The Morgan fingerprint density at radius 2 is 1.74 bits per heavy atom. The van der Waals surface area contributed by atoms with Crippen LogP contribution in [0.1, 0.15) is 28.4 Å². The van der Waals surface area contributed by atoms with Gasteiger partial charge >= 0.3 is 5.97 Å². The number of carboxylic acid groups (broad SMARTS) is 1. The van der Waals surface area contributed by atoms with Crippen LogP contribution in [-0.4, -0.2) is 33.6 Å². The maximum Gasteiger partial charge on any atom is 0.335 e. The highest BCUT2D eigenvalue weighted by Gasteiger charge is 2.17. The third-order valence-corrected chi connectivity index (χ3v) is 7.36. The molecule has 1 N–H and O–H groups in total. The van der Waals surface area contributed by atoms with E-state index < -0.39 is 5.97 Å². The first-order valence-corrected chi connectivity index (χ1v) is 14.2. The predicted octanol–water partition coefficient (Wildman–Crippen LogP) is 7.13. The second kappa shape index (κ2) is 11.9. The summed E-state index contributed by atoms with van der Waals surface area (Å²) >= 11 is 3.59. The first-order chi connectivity index (χ1) is 20.9. The Labute approximate surface area is 253 Å². The summed E-state index contributed by atoms with van der Waals surface area (Å²) in [5.41, 5.74) is 2.51. The van der Waals surface area contributed by atoms with Crippen molar-refractivity contribution in [2.45, 2.75) is 13.5 Å². The summed E-state index contributed by atoms with van der Waals surface area (Å²) in [6, 6.07) is 26.5. The molecule has 0 saturated carbocycles. The zero-order valence-corrected chi connectivity index (χ0v) is 24.4. The maximum absolute atomic E-state index is 13.6. The van der Waals surface area contributed by atoms with Crippen LogP contribution in [0.25, 0.3) is 33.5 Å².